The van der Waals surface area contributed by atoms with E-state index in [2.05, 4.69) is 15.3 Å². The maximum atomic E-state index is 13.4. The zero-order valence-corrected chi connectivity index (χ0v) is 16.7. The molecule has 0 unspecified atom stereocenters. The number of hydrogen-bond donors (Lipinski definition) is 1. The van der Waals surface area contributed by atoms with Crippen LogP contribution in [0.4, 0.5) is 10.2 Å². The molecule has 29 heavy (non-hydrogen) atoms. The molecule has 0 bridgehead atoms. The maximum Gasteiger partial charge on any atom is 0.251 e. The van der Waals surface area contributed by atoms with E-state index in [0.29, 0.717) is 30.2 Å². The Kier molecular flexibility index (Phi) is 5.06. The number of benzene rings is 1. The highest BCUT2D eigenvalue weighted by molar-refractivity contribution is 5.99. The first-order chi connectivity index (χ1) is 13.9. The van der Waals surface area contributed by atoms with Gasteiger partial charge in [-0.25, -0.2) is 14.4 Å². The summed E-state index contributed by atoms with van der Waals surface area (Å²) in [5.41, 5.74) is 0.673. The molecule has 7 heteroatoms. The number of rotatable bonds is 3. The second-order valence-corrected chi connectivity index (χ2v) is 8.18. The minimum Gasteiger partial charge on any atom is -0.349 e. The SMILES string of the molecule is Cc1cc(N2CC[C@]3(CCC[C@H](NC(=O)c4cccc(F)c4)C3)C2=O)nc(C)n1. The number of halogens is 1. The molecule has 4 rings (SSSR count). The number of aryl methyl sites for hydroxylation is 2. The lowest BCUT2D eigenvalue weighted by atomic mass is 9.71. The van der Waals surface area contributed by atoms with Crippen molar-refractivity contribution in [3.63, 3.8) is 0 Å². The lowest BCUT2D eigenvalue weighted by Gasteiger charge is -2.36. The number of amides is 2. The molecule has 2 aliphatic rings. The smallest absolute Gasteiger partial charge is 0.251 e. The molecule has 1 aromatic heterocycles. The van der Waals surface area contributed by atoms with Crippen molar-refractivity contribution in [3.8, 4) is 0 Å². The maximum absolute atomic E-state index is 13.4. The van der Waals surface area contributed by atoms with Crippen LogP contribution < -0.4 is 10.2 Å². The lowest BCUT2D eigenvalue weighted by Crippen LogP contribution is -2.46. The minimum atomic E-state index is -0.467. The molecule has 1 spiro atoms. The number of nitrogens with zero attached hydrogens (tertiary/aromatic N) is 3. The molecular formula is C22H25FN4O2. The van der Waals surface area contributed by atoms with Crippen LogP contribution in [0, 0.1) is 25.1 Å². The van der Waals surface area contributed by atoms with E-state index >= 15 is 0 Å². The zero-order chi connectivity index (χ0) is 20.6. The third-order valence-electron chi connectivity index (χ3n) is 6.01. The largest absolute Gasteiger partial charge is 0.349 e. The van der Waals surface area contributed by atoms with E-state index in [1.165, 1.54) is 18.2 Å². The number of hydrogen-bond acceptors (Lipinski definition) is 4. The van der Waals surface area contributed by atoms with E-state index in [-0.39, 0.29) is 17.9 Å². The summed E-state index contributed by atoms with van der Waals surface area (Å²) in [6.45, 7) is 4.35. The highest BCUT2D eigenvalue weighted by atomic mass is 19.1. The minimum absolute atomic E-state index is 0.0831. The Labute approximate surface area is 169 Å². The Morgan fingerprint density at radius 2 is 2.07 bits per heavy atom. The van der Waals surface area contributed by atoms with Crippen LogP contribution in [-0.4, -0.2) is 34.4 Å². The van der Waals surface area contributed by atoms with E-state index in [9.17, 15) is 14.0 Å². The van der Waals surface area contributed by atoms with E-state index in [1.807, 2.05) is 19.9 Å². The standard InChI is InChI=1S/C22H25FN4O2/c1-14-11-19(25-15(2)24-14)27-10-9-22(21(27)29)8-4-7-18(13-22)26-20(28)16-5-3-6-17(23)12-16/h3,5-6,11-12,18H,4,7-10,13H2,1-2H3,(H,26,28)/t18-,22-/m0/s1. The van der Waals surface area contributed by atoms with Crippen molar-refractivity contribution in [3.05, 3.63) is 53.2 Å². The average Bonchev–Trinajstić information content (AvgIpc) is 2.97. The molecular weight excluding hydrogens is 371 g/mol. The Morgan fingerprint density at radius 3 is 2.83 bits per heavy atom. The van der Waals surface area contributed by atoms with Crippen molar-refractivity contribution in [1.29, 1.82) is 0 Å². The van der Waals surface area contributed by atoms with Gasteiger partial charge in [0.05, 0.1) is 5.41 Å². The molecule has 1 saturated carbocycles. The van der Waals surface area contributed by atoms with Crippen molar-refractivity contribution in [2.24, 2.45) is 5.41 Å². The molecule has 1 aromatic carbocycles. The fourth-order valence-corrected chi connectivity index (χ4v) is 4.68. The van der Waals surface area contributed by atoms with Gasteiger partial charge in [-0.15, -0.1) is 0 Å². The summed E-state index contributed by atoms with van der Waals surface area (Å²) in [5.74, 6) is 0.658. The van der Waals surface area contributed by atoms with Crippen LogP contribution in [-0.2, 0) is 4.79 Å². The van der Waals surface area contributed by atoms with Crippen LogP contribution in [0.1, 0.15) is 54.0 Å². The highest BCUT2D eigenvalue weighted by Gasteiger charge is 2.50. The fraction of sp³-hybridized carbons (Fsp3) is 0.455. The van der Waals surface area contributed by atoms with Crippen LogP contribution in [0.15, 0.2) is 30.3 Å². The molecule has 1 aliphatic heterocycles. The first kappa shape index (κ1) is 19.5. The zero-order valence-electron chi connectivity index (χ0n) is 16.7. The summed E-state index contributed by atoms with van der Waals surface area (Å²) < 4.78 is 13.4. The van der Waals surface area contributed by atoms with Gasteiger partial charge >= 0.3 is 0 Å². The van der Waals surface area contributed by atoms with Crippen molar-refractivity contribution >= 4 is 17.6 Å². The predicted molar refractivity (Wildman–Crippen MR) is 107 cm³/mol. The number of carbonyl (C=O) groups excluding carboxylic acids is 2. The van der Waals surface area contributed by atoms with E-state index in [1.54, 1.807) is 11.0 Å². The molecule has 2 heterocycles. The number of carbonyl (C=O) groups is 2. The lowest BCUT2D eigenvalue weighted by molar-refractivity contribution is -0.127. The topological polar surface area (TPSA) is 75.2 Å². The van der Waals surface area contributed by atoms with Crippen molar-refractivity contribution in [1.82, 2.24) is 15.3 Å². The summed E-state index contributed by atoms with van der Waals surface area (Å²) in [5, 5.41) is 3.00. The summed E-state index contributed by atoms with van der Waals surface area (Å²) in [6, 6.07) is 7.41. The monoisotopic (exact) mass is 396 g/mol. The van der Waals surface area contributed by atoms with Gasteiger partial charge in [-0.3, -0.25) is 14.5 Å². The molecule has 2 amide bonds. The second-order valence-electron chi connectivity index (χ2n) is 8.18. The predicted octanol–water partition coefficient (Wildman–Crippen LogP) is 3.33. The number of nitrogens with one attached hydrogen (secondary N) is 1. The first-order valence-corrected chi connectivity index (χ1v) is 10.1. The molecule has 2 aromatic rings. The summed E-state index contributed by atoms with van der Waals surface area (Å²) in [7, 11) is 0. The third-order valence-corrected chi connectivity index (χ3v) is 6.01. The summed E-state index contributed by atoms with van der Waals surface area (Å²) in [4.78, 5) is 36.4. The van der Waals surface area contributed by atoms with Gasteiger partial charge in [0, 0.05) is 29.9 Å². The van der Waals surface area contributed by atoms with E-state index in [4.69, 9.17) is 0 Å². The molecule has 152 valence electrons. The Bertz CT molecular complexity index is 943. The first-order valence-electron chi connectivity index (χ1n) is 10.1. The van der Waals surface area contributed by atoms with Crippen LogP contribution in [0.5, 0.6) is 0 Å². The van der Waals surface area contributed by atoms with Crippen LogP contribution in [0.3, 0.4) is 0 Å². The number of anilines is 1. The Hall–Kier alpha value is -2.83. The summed E-state index contributed by atoms with van der Waals surface area (Å²) in [6.07, 6.45) is 3.86. The van der Waals surface area contributed by atoms with Crippen LogP contribution >= 0.6 is 0 Å². The third kappa shape index (κ3) is 3.86. The van der Waals surface area contributed by atoms with Crippen LogP contribution in [0.25, 0.3) is 0 Å². The van der Waals surface area contributed by atoms with Crippen molar-refractivity contribution in [2.45, 2.75) is 52.0 Å². The van der Waals surface area contributed by atoms with Crippen LogP contribution in [0.2, 0.25) is 0 Å². The van der Waals surface area contributed by atoms with Crippen molar-refractivity contribution in [2.75, 3.05) is 11.4 Å². The van der Waals surface area contributed by atoms with Gasteiger partial charge in [-0.2, -0.15) is 0 Å². The van der Waals surface area contributed by atoms with Gasteiger partial charge in [0.1, 0.15) is 17.5 Å². The normalized spacial score (nSPS) is 24.2. The molecule has 1 aliphatic carbocycles. The fourth-order valence-electron chi connectivity index (χ4n) is 4.68. The molecule has 0 radical (unpaired) electrons. The second kappa shape index (κ2) is 7.54. The Morgan fingerprint density at radius 1 is 1.24 bits per heavy atom. The highest BCUT2D eigenvalue weighted by Crippen LogP contribution is 2.45. The average molecular weight is 396 g/mol. The molecule has 2 fully saturated rings. The molecule has 6 nitrogen and oxygen atoms in total. The van der Waals surface area contributed by atoms with Crippen molar-refractivity contribution < 1.29 is 14.0 Å². The van der Waals surface area contributed by atoms with Gasteiger partial charge in [0.2, 0.25) is 5.91 Å². The van der Waals surface area contributed by atoms with E-state index < -0.39 is 11.2 Å². The summed E-state index contributed by atoms with van der Waals surface area (Å²) >= 11 is 0. The molecule has 1 N–H and O–H groups in total. The van der Waals surface area contributed by atoms with Gasteiger partial charge < -0.3 is 5.32 Å². The van der Waals surface area contributed by atoms with Gasteiger partial charge in [-0.1, -0.05) is 12.5 Å². The number of aromatic nitrogens is 2. The molecule has 2 atom stereocenters. The molecule has 1 saturated heterocycles. The van der Waals surface area contributed by atoms with E-state index in [0.717, 1.165) is 31.4 Å². The van der Waals surface area contributed by atoms with Gasteiger partial charge in [0.25, 0.3) is 5.91 Å². The van der Waals surface area contributed by atoms with Gasteiger partial charge in [-0.05, 0) is 57.7 Å². The Balaban J connectivity index is 1.49. The van der Waals surface area contributed by atoms with Gasteiger partial charge in [0.15, 0.2) is 0 Å². The quantitative estimate of drug-likeness (QED) is 0.864.